The van der Waals surface area contributed by atoms with Crippen molar-refractivity contribution in [2.45, 2.75) is 26.4 Å². The molecule has 1 atom stereocenters. The van der Waals surface area contributed by atoms with Crippen molar-refractivity contribution >= 4 is 6.09 Å². The quantitative estimate of drug-likeness (QED) is 0.564. The average Bonchev–Trinajstić information content (AvgIpc) is 1.83. The largest absolute Gasteiger partial charge is 0.464 e. The van der Waals surface area contributed by atoms with E-state index in [9.17, 15) is 4.79 Å². The van der Waals surface area contributed by atoms with Crippen molar-refractivity contribution in [2.75, 3.05) is 0 Å². The highest BCUT2D eigenvalue weighted by Crippen LogP contribution is 1.90. The van der Waals surface area contributed by atoms with Crippen LogP contribution in [-0.2, 0) is 4.84 Å². The minimum atomic E-state index is -1.16. The van der Waals surface area contributed by atoms with Gasteiger partial charge in [-0.25, -0.2) is 4.79 Å². The van der Waals surface area contributed by atoms with Crippen molar-refractivity contribution in [3.05, 3.63) is 0 Å². The summed E-state index contributed by atoms with van der Waals surface area (Å²) in [5.74, 6) is 0. The maximum Gasteiger partial charge on any atom is 0.428 e. The molecule has 0 heterocycles. The smallest absolute Gasteiger partial charge is 0.428 e. The van der Waals surface area contributed by atoms with Gasteiger partial charge in [0.2, 0.25) is 0 Å². The second-order valence-electron chi connectivity index (χ2n) is 1.74. The van der Waals surface area contributed by atoms with Crippen LogP contribution in [0.3, 0.4) is 0 Å². The van der Waals surface area contributed by atoms with Crippen LogP contribution in [0.5, 0.6) is 0 Å². The lowest BCUT2D eigenvalue weighted by atomic mass is 10.3. The molecule has 0 aliphatic heterocycles. The molecule has 0 spiro atoms. The van der Waals surface area contributed by atoms with Crippen LogP contribution in [0, 0.1) is 0 Å². The molecule has 4 nitrogen and oxygen atoms in total. The molecular formula is C5H11NO3. The Hall–Kier alpha value is -0.770. The maximum absolute atomic E-state index is 9.78. The Morgan fingerprint density at radius 1 is 1.89 bits per heavy atom. The molecular weight excluding hydrogens is 122 g/mol. The first-order valence-electron chi connectivity index (χ1n) is 2.81. The van der Waals surface area contributed by atoms with Crippen molar-refractivity contribution in [3.63, 3.8) is 0 Å². The standard InChI is InChI=1S/C5H11NO3/c1-3-4(2)9-6-5(7)8/h4,6H,3H2,1-2H3,(H,7,8). The molecule has 54 valence electrons. The number of amides is 1. The monoisotopic (exact) mass is 133 g/mol. The molecule has 0 aromatic heterocycles. The molecule has 0 bridgehead atoms. The molecule has 0 fully saturated rings. The van der Waals surface area contributed by atoms with E-state index in [1.54, 1.807) is 6.92 Å². The van der Waals surface area contributed by atoms with E-state index in [1.165, 1.54) is 0 Å². The Bertz CT molecular complexity index is 94.2. The topological polar surface area (TPSA) is 58.6 Å². The summed E-state index contributed by atoms with van der Waals surface area (Å²) in [6, 6.07) is 0. The second kappa shape index (κ2) is 4.14. The highest BCUT2D eigenvalue weighted by atomic mass is 16.7. The zero-order valence-electron chi connectivity index (χ0n) is 5.55. The maximum atomic E-state index is 9.78. The summed E-state index contributed by atoms with van der Waals surface area (Å²) >= 11 is 0. The van der Waals surface area contributed by atoms with Crippen LogP contribution in [0.15, 0.2) is 0 Å². The number of hydrogen-bond acceptors (Lipinski definition) is 2. The van der Waals surface area contributed by atoms with E-state index >= 15 is 0 Å². The van der Waals surface area contributed by atoms with Gasteiger partial charge in [-0.1, -0.05) is 6.92 Å². The Labute approximate surface area is 53.8 Å². The molecule has 0 saturated carbocycles. The first kappa shape index (κ1) is 8.23. The van der Waals surface area contributed by atoms with Crippen LogP contribution in [0.1, 0.15) is 20.3 Å². The Kier molecular flexibility index (Phi) is 3.79. The van der Waals surface area contributed by atoms with Gasteiger partial charge in [-0.05, 0) is 13.3 Å². The lowest BCUT2D eigenvalue weighted by Crippen LogP contribution is -2.25. The van der Waals surface area contributed by atoms with Crippen molar-refractivity contribution in [1.29, 1.82) is 0 Å². The molecule has 0 rings (SSSR count). The number of carboxylic acid groups (broad SMARTS) is 1. The molecule has 1 amide bonds. The van der Waals surface area contributed by atoms with Gasteiger partial charge in [0.15, 0.2) is 0 Å². The van der Waals surface area contributed by atoms with Gasteiger partial charge in [-0.2, -0.15) is 5.48 Å². The summed E-state index contributed by atoms with van der Waals surface area (Å²) in [4.78, 5) is 14.4. The number of carbonyl (C=O) groups is 1. The summed E-state index contributed by atoms with van der Waals surface area (Å²) in [5, 5.41) is 8.02. The van der Waals surface area contributed by atoms with Gasteiger partial charge < -0.3 is 5.11 Å². The normalized spacial score (nSPS) is 12.7. The molecule has 0 saturated heterocycles. The highest BCUT2D eigenvalue weighted by molar-refractivity contribution is 5.62. The third-order valence-corrected chi connectivity index (χ3v) is 0.922. The first-order chi connectivity index (χ1) is 4.16. The van der Waals surface area contributed by atoms with Crippen LogP contribution in [-0.4, -0.2) is 17.3 Å². The third kappa shape index (κ3) is 5.10. The van der Waals surface area contributed by atoms with Gasteiger partial charge in [-0.3, -0.25) is 4.84 Å². The molecule has 0 aromatic carbocycles. The molecule has 4 heteroatoms. The van der Waals surface area contributed by atoms with E-state index in [0.717, 1.165) is 6.42 Å². The fourth-order valence-corrected chi connectivity index (χ4v) is 0.234. The fourth-order valence-electron chi connectivity index (χ4n) is 0.234. The molecule has 2 N–H and O–H groups in total. The summed E-state index contributed by atoms with van der Waals surface area (Å²) in [7, 11) is 0. The van der Waals surface area contributed by atoms with Gasteiger partial charge in [-0.15, -0.1) is 0 Å². The van der Waals surface area contributed by atoms with Crippen LogP contribution in [0.2, 0.25) is 0 Å². The van der Waals surface area contributed by atoms with E-state index in [1.807, 2.05) is 12.4 Å². The number of hydrogen-bond donors (Lipinski definition) is 2. The number of hydroxylamine groups is 1. The second-order valence-corrected chi connectivity index (χ2v) is 1.74. The number of rotatable bonds is 3. The Balaban J connectivity index is 3.16. The zero-order valence-corrected chi connectivity index (χ0v) is 5.55. The highest BCUT2D eigenvalue weighted by Gasteiger charge is 1.99. The predicted molar refractivity (Wildman–Crippen MR) is 32.0 cm³/mol. The molecule has 0 aliphatic rings. The Morgan fingerprint density at radius 2 is 2.44 bits per heavy atom. The molecule has 1 unspecified atom stereocenters. The van der Waals surface area contributed by atoms with Gasteiger partial charge in [0.05, 0.1) is 6.10 Å². The molecule has 0 radical (unpaired) electrons. The van der Waals surface area contributed by atoms with Crippen molar-refractivity contribution in [2.24, 2.45) is 0 Å². The van der Waals surface area contributed by atoms with Gasteiger partial charge >= 0.3 is 6.09 Å². The first-order valence-corrected chi connectivity index (χ1v) is 2.81. The van der Waals surface area contributed by atoms with E-state index in [4.69, 9.17) is 5.11 Å². The van der Waals surface area contributed by atoms with E-state index in [-0.39, 0.29) is 6.10 Å². The van der Waals surface area contributed by atoms with Crippen molar-refractivity contribution < 1.29 is 14.7 Å². The molecule has 0 aromatic rings. The zero-order chi connectivity index (χ0) is 7.28. The molecule has 9 heavy (non-hydrogen) atoms. The summed E-state index contributed by atoms with van der Waals surface area (Å²) in [5.41, 5.74) is 1.81. The van der Waals surface area contributed by atoms with E-state index < -0.39 is 6.09 Å². The minimum absolute atomic E-state index is 0.0545. The average molecular weight is 133 g/mol. The van der Waals surface area contributed by atoms with Crippen molar-refractivity contribution in [3.8, 4) is 0 Å². The lowest BCUT2D eigenvalue weighted by Gasteiger charge is -2.07. The van der Waals surface area contributed by atoms with Gasteiger partial charge in [0, 0.05) is 0 Å². The SMILES string of the molecule is CCC(C)ONC(=O)O. The van der Waals surface area contributed by atoms with Gasteiger partial charge in [0.25, 0.3) is 0 Å². The molecule has 0 aliphatic carbocycles. The van der Waals surface area contributed by atoms with Crippen molar-refractivity contribution in [1.82, 2.24) is 5.48 Å². The summed E-state index contributed by atoms with van der Waals surface area (Å²) in [6.45, 7) is 3.70. The van der Waals surface area contributed by atoms with Crippen LogP contribution >= 0.6 is 0 Å². The fraction of sp³-hybridized carbons (Fsp3) is 0.800. The Morgan fingerprint density at radius 3 is 2.78 bits per heavy atom. The third-order valence-electron chi connectivity index (χ3n) is 0.922. The van der Waals surface area contributed by atoms with E-state index in [2.05, 4.69) is 4.84 Å². The van der Waals surface area contributed by atoms with Crippen LogP contribution < -0.4 is 5.48 Å². The van der Waals surface area contributed by atoms with Crippen LogP contribution in [0.25, 0.3) is 0 Å². The summed E-state index contributed by atoms with van der Waals surface area (Å²) < 4.78 is 0. The summed E-state index contributed by atoms with van der Waals surface area (Å²) in [6.07, 6.45) is -0.420. The van der Waals surface area contributed by atoms with E-state index in [0.29, 0.717) is 0 Å². The van der Waals surface area contributed by atoms with Gasteiger partial charge in [0.1, 0.15) is 0 Å². The lowest BCUT2D eigenvalue weighted by molar-refractivity contribution is -0.00802. The minimum Gasteiger partial charge on any atom is -0.464 e. The predicted octanol–water partition coefficient (Wildman–Crippen LogP) is 0.984. The van der Waals surface area contributed by atoms with Crippen LogP contribution in [0.4, 0.5) is 4.79 Å². The number of nitrogens with one attached hydrogen (secondary N) is 1.